The summed E-state index contributed by atoms with van der Waals surface area (Å²) in [5.41, 5.74) is 1.06. The van der Waals surface area contributed by atoms with Gasteiger partial charge < -0.3 is 20.1 Å². The van der Waals surface area contributed by atoms with Gasteiger partial charge >= 0.3 is 5.97 Å². The SMILES string of the molecule is CCCCOc1cccc(NCC2CCC(=O)N2CCSc2nc(C(=O)O)cs2)c1. The number of nitrogens with zero attached hydrogens (tertiary/aromatic N) is 2. The molecular formula is C21H27N3O4S2. The molecule has 2 aromatic rings. The number of rotatable bonds is 12. The highest BCUT2D eigenvalue weighted by Crippen LogP contribution is 2.25. The Hall–Kier alpha value is -2.26. The Labute approximate surface area is 184 Å². The van der Waals surface area contributed by atoms with E-state index >= 15 is 0 Å². The van der Waals surface area contributed by atoms with Gasteiger partial charge in [0, 0.05) is 48.4 Å². The lowest BCUT2D eigenvalue weighted by Crippen LogP contribution is -2.39. The van der Waals surface area contributed by atoms with E-state index < -0.39 is 5.97 Å². The van der Waals surface area contributed by atoms with Crippen molar-refractivity contribution in [1.29, 1.82) is 0 Å². The molecule has 1 unspecified atom stereocenters. The maximum atomic E-state index is 12.3. The average molecular weight is 450 g/mol. The van der Waals surface area contributed by atoms with Crippen molar-refractivity contribution >= 4 is 40.7 Å². The third kappa shape index (κ3) is 6.37. The van der Waals surface area contributed by atoms with Gasteiger partial charge in [-0.3, -0.25) is 4.79 Å². The van der Waals surface area contributed by atoms with Crippen molar-refractivity contribution in [2.24, 2.45) is 0 Å². The molecule has 1 aliphatic rings. The van der Waals surface area contributed by atoms with E-state index in [1.165, 1.54) is 23.1 Å². The lowest BCUT2D eigenvalue weighted by molar-refractivity contribution is -0.128. The maximum Gasteiger partial charge on any atom is 0.355 e. The number of hydrogen-bond acceptors (Lipinski definition) is 7. The summed E-state index contributed by atoms with van der Waals surface area (Å²) >= 11 is 2.81. The molecule has 2 N–H and O–H groups in total. The fraction of sp³-hybridized carbons (Fsp3) is 0.476. The molecule has 0 saturated carbocycles. The van der Waals surface area contributed by atoms with Crippen molar-refractivity contribution in [3.8, 4) is 5.75 Å². The number of thioether (sulfide) groups is 1. The predicted octanol–water partition coefficient (Wildman–Crippen LogP) is 4.22. The highest BCUT2D eigenvalue weighted by atomic mass is 32.2. The number of unbranched alkanes of at least 4 members (excludes halogenated alkanes) is 1. The van der Waals surface area contributed by atoms with Crippen LogP contribution in [-0.4, -0.2) is 58.4 Å². The van der Waals surface area contributed by atoms with Gasteiger partial charge in [-0.15, -0.1) is 11.3 Å². The van der Waals surface area contributed by atoms with Crippen LogP contribution >= 0.6 is 23.1 Å². The van der Waals surface area contributed by atoms with Gasteiger partial charge in [-0.2, -0.15) is 0 Å². The first-order valence-electron chi connectivity index (χ1n) is 10.1. The molecule has 0 radical (unpaired) electrons. The Balaban J connectivity index is 1.47. The highest BCUT2D eigenvalue weighted by molar-refractivity contribution is 8.01. The second-order valence-electron chi connectivity index (χ2n) is 7.04. The van der Waals surface area contributed by atoms with Crippen LogP contribution in [0, 0.1) is 0 Å². The van der Waals surface area contributed by atoms with Gasteiger partial charge in [0.05, 0.1) is 6.61 Å². The molecule has 1 aliphatic heterocycles. The van der Waals surface area contributed by atoms with Crippen LogP contribution in [-0.2, 0) is 4.79 Å². The number of anilines is 1. The number of carboxylic acid groups (broad SMARTS) is 1. The van der Waals surface area contributed by atoms with Crippen LogP contribution in [0.5, 0.6) is 5.75 Å². The molecule has 0 spiro atoms. The van der Waals surface area contributed by atoms with E-state index in [1.807, 2.05) is 29.2 Å². The molecule has 162 valence electrons. The van der Waals surface area contributed by atoms with Crippen molar-refractivity contribution in [3.05, 3.63) is 35.3 Å². The number of thiazole rings is 1. The Morgan fingerprint density at radius 1 is 1.47 bits per heavy atom. The minimum absolute atomic E-state index is 0.0720. The van der Waals surface area contributed by atoms with Crippen LogP contribution in [0.4, 0.5) is 5.69 Å². The zero-order chi connectivity index (χ0) is 21.3. The molecule has 0 aliphatic carbocycles. The van der Waals surface area contributed by atoms with Gasteiger partial charge in [-0.05, 0) is 25.0 Å². The predicted molar refractivity (Wildman–Crippen MR) is 120 cm³/mol. The summed E-state index contributed by atoms with van der Waals surface area (Å²) in [4.78, 5) is 29.2. The van der Waals surface area contributed by atoms with Crippen LogP contribution in [0.3, 0.4) is 0 Å². The number of nitrogens with one attached hydrogen (secondary N) is 1. The van der Waals surface area contributed by atoms with Crippen molar-refractivity contribution in [2.75, 3.05) is 30.8 Å². The lowest BCUT2D eigenvalue weighted by Gasteiger charge is -2.25. The fourth-order valence-electron chi connectivity index (χ4n) is 3.23. The molecular weight excluding hydrogens is 422 g/mol. The molecule has 1 atom stereocenters. The van der Waals surface area contributed by atoms with E-state index in [-0.39, 0.29) is 17.6 Å². The number of amides is 1. The minimum atomic E-state index is -1.02. The number of ether oxygens (including phenoxy) is 1. The normalized spacial score (nSPS) is 16.1. The first-order chi connectivity index (χ1) is 14.6. The Bertz CT molecular complexity index is 858. The molecule has 1 aromatic carbocycles. The Morgan fingerprint density at radius 2 is 2.33 bits per heavy atom. The lowest BCUT2D eigenvalue weighted by atomic mass is 10.2. The van der Waals surface area contributed by atoms with Gasteiger partial charge in [-0.1, -0.05) is 31.2 Å². The van der Waals surface area contributed by atoms with Crippen LogP contribution in [0.2, 0.25) is 0 Å². The summed E-state index contributed by atoms with van der Waals surface area (Å²) < 4.78 is 6.48. The van der Waals surface area contributed by atoms with Crippen LogP contribution < -0.4 is 10.1 Å². The summed E-state index contributed by atoms with van der Waals surface area (Å²) in [6.07, 6.45) is 3.54. The number of carbonyl (C=O) groups is 2. The van der Waals surface area contributed by atoms with Crippen LogP contribution in [0.25, 0.3) is 0 Å². The number of carboxylic acids is 1. The Morgan fingerprint density at radius 3 is 3.10 bits per heavy atom. The first-order valence-corrected chi connectivity index (χ1v) is 12.0. The molecule has 1 fully saturated rings. The molecule has 3 rings (SSSR count). The molecule has 9 heteroatoms. The van der Waals surface area contributed by atoms with Crippen molar-refractivity contribution < 1.29 is 19.4 Å². The first kappa shape index (κ1) is 22.4. The summed E-state index contributed by atoms with van der Waals surface area (Å²) in [6.45, 7) is 4.17. The Kier molecular flexibility index (Phi) is 8.39. The van der Waals surface area contributed by atoms with Crippen molar-refractivity contribution in [2.45, 2.75) is 43.0 Å². The minimum Gasteiger partial charge on any atom is -0.494 e. The molecule has 7 nitrogen and oxygen atoms in total. The van der Waals surface area contributed by atoms with E-state index in [4.69, 9.17) is 9.84 Å². The number of likely N-dealkylation sites (tertiary alicyclic amines) is 1. The fourth-order valence-corrected chi connectivity index (χ4v) is 5.04. The topological polar surface area (TPSA) is 91.8 Å². The van der Waals surface area contributed by atoms with E-state index in [9.17, 15) is 9.59 Å². The van der Waals surface area contributed by atoms with E-state index in [0.717, 1.165) is 37.3 Å². The molecule has 30 heavy (non-hydrogen) atoms. The number of benzene rings is 1. The van der Waals surface area contributed by atoms with Crippen LogP contribution in [0.15, 0.2) is 34.0 Å². The summed E-state index contributed by atoms with van der Waals surface area (Å²) in [5.74, 6) is 0.701. The molecule has 1 saturated heterocycles. The van der Waals surface area contributed by atoms with Gasteiger partial charge in [0.15, 0.2) is 10.0 Å². The summed E-state index contributed by atoms with van der Waals surface area (Å²) in [5, 5.41) is 13.9. The van der Waals surface area contributed by atoms with E-state index in [0.29, 0.717) is 29.6 Å². The third-order valence-electron chi connectivity index (χ3n) is 4.85. The molecule has 1 aromatic heterocycles. The second-order valence-corrected chi connectivity index (χ2v) is 9.24. The number of aromatic nitrogens is 1. The van der Waals surface area contributed by atoms with E-state index in [2.05, 4.69) is 17.2 Å². The largest absolute Gasteiger partial charge is 0.494 e. The quantitative estimate of drug-likeness (QED) is 0.370. The van der Waals surface area contributed by atoms with Crippen molar-refractivity contribution in [1.82, 2.24) is 9.88 Å². The van der Waals surface area contributed by atoms with Gasteiger partial charge in [0.25, 0.3) is 0 Å². The second kappa shape index (κ2) is 11.2. The standard InChI is InChI=1S/C21H27N3O4S2/c1-2-3-10-28-17-6-4-5-15(12-17)22-13-16-7-8-19(25)24(16)9-11-29-21-23-18(14-30-21)20(26)27/h4-6,12,14,16,22H,2-3,7-11,13H2,1H3,(H,26,27). The maximum absolute atomic E-state index is 12.3. The van der Waals surface area contributed by atoms with Gasteiger partial charge in [-0.25, -0.2) is 9.78 Å². The van der Waals surface area contributed by atoms with Crippen LogP contribution in [0.1, 0.15) is 43.1 Å². The monoisotopic (exact) mass is 449 g/mol. The third-order valence-corrected chi connectivity index (χ3v) is 6.86. The number of aromatic carboxylic acids is 1. The van der Waals surface area contributed by atoms with Gasteiger partial charge in [0.1, 0.15) is 5.75 Å². The summed E-state index contributed by atoms with van der Waals surface area (Å²) in [7, 11) is 0. The van der Waals surface area contributed by atoms with Gasteiger partial charge in [0.2, 0.25) is 5.91 Å². The zero-order valence-corrected chi connectivity index (χ0v) is 18.6. The zero-order valence-electron chi connectivity index (χ0n) is 17.0. The molecule has 2 heterocycles. The smallest absolute Gasteiger partial charge is 0.355 e. The summed E-state index contributed by atoms with van der Waals surface area (Å²) in [6, 6.07) is 8.07. The molecule has 1 amide bonds. The number of hydrogen-bond donors (Lipinski definition) is 2. The number of carbonyl (C=O) groups excluding carboxylic acids is 1. The van der Waals surface area contributed by atoms with Crippen molar-refractivity contribution in [3.63, 3.8) is 0 Å². The molecule has 0 bridgehead atoms. The average Bonchev–Trinajstić information content (AvgIpc) is 3.35. The highest BCUT2D eigenvalue weighted by Gasteiger charge is 2.30. The van der Waals surface area contributed by atoms with E-state index in [1.54, 1.807) is 5.38 Å².